The number of aromatic nitrogens is 2. The summed E-state index contributed by atoms with van der Waals surface area (Å²) in [5.74, 6) is 0.473. The standard InChI is InChI=1S/C29H31F3N4O3/c1-15(18-6-5-7-19(23(18)30)26(31)32)33-27-22-14-21(17-8-11-36(12-9-17)28(37)29(3,4)38)25-20(10-13-39-25)24(22)34-16(2)35-27/h5-8,14-15,26,38H,9-13H2,1-4H3,(H,33,34,35)/t15-/m1/s1. The fourth-order valence-corrected chi connectivity index (χ4v) is 5.27. The van der Waals surface area contributed by atoms with Gasteiger partial charge in [-0.25, -0.2) is 23.1 Å². The topological polar surface area (TPSA) is 87.6 Å². The fourth-order valence-electron chi connectivity index (χ4n) is 5.27. The van der Waals surface area contributed by atoms with E-state index in [0.717, 1.165) is 34.0 Å². The molecule has 0 saturated heterocycles. The molecule has 2 aliphatic rings. The van der Waals surface area contributed by atoms with Gasteiger partial charge in [-0.15, -0.1) is 0 Å². The zero-order valence-corrected chi connectivity index (χ0v) is 22.3. The van der Waals surface area contributed by atoms with Crippen molar-refractivity contribution >= 4 is 28.2 Å². The Hall–Kier alpha value is -3.66. The number of alkyl halides is 2. The number of carbonyl (C=O) groups is 1. The number of fused-ring (bicyclic) bond motifs is 3. The fraction of sp³-hybridized carbons (Fsp3) is 0.414. The molecule has 206 valence electrons. The molecule has 3 heterocycles. The van der Waals surface area contributed by atoms with Gasteiger partial charge in [0.05, 0.1) is 23.7 Å². The summed E-state index contributed by atoms with van der Waals surface area (Å²) >= 11 is 0. The zero-order valence-electron chi connectivity index (χ0n) is 22.3. The number of nitrogens with zero attached hydrogens (tertiary/aromatic N) is 3. The predicted molar refractivity (Wildman–Crippen MR) is 142 cm³/mol. The molecule has 10 heteroatoms. The maximum absolute atomic E-state index is 14.9. The van der Waals surface area contributed by atoms with Gasteiger partial charge in [-0.3, -0.25) is 4.79 Å². The van der Waals surface area contributed by atoms with E-state index in [4.69, 9.17) is 4.74 Å². The predicted octanol–water partition coefficient (Wildman–Crippen LogP) is 5.51. The van der Waals surface area contributed by atoms with Gasteiger partial charge in [0.15, 0.2) is 0 Å². The molecular formula is C29H31F3N4O3. The van der Waals surface area contributed by atoms with Crippen LogP contribution in [0.15, 0.2) is 30.3 Å². The van der Waals surface area contributed by atoms with Crippen molar-refractivity contribution in [3.63, 3.8) is 0 Å². The summed E-state index contributed by atoms with van der Waals surface area (Å²) in [5.41, 5.74) is 1.59. The molecule has 0 unspecified atom stereocenters. The van der Waals surface area contributed by atoms with Gasteiger partial charge in [-0.05, 0) is 45.8 Å². The number of rotatable bonds is 6. The molecule has 2 aromatic carbocycles. The molecule has 0 bridgehead atoms. The molecular weight excluding hydrogens is 509 g/mol. The van der Waals surface area contributed by atoms with Crippen molar-refractivity contribution in [1.82, 2.24) is 14.9 Å². The van der Waals surface area contributed by atoms with Gasteiger partial charge in [0.2, 0.25) is 0 Å². The molecule has 0 spiro atoms. The van der Waals surface area contributed by atoms with E-state index in [9.17, 15) is 23.1 Å². The summed E-state index contributed by atoms with van der Waals surface area (Å²) in [6, 6.07) is 5.29. The lowest BCUT2D eigenvalue weighted by Gasteiger charge is -2.31. The number of benzene rings is 2. The highest BCUT2D eigenvalue weighted by atomic mass is 19.3. The van der Waals surface area contributed by atoms with Gasteiger partial charge in [0.25, 0.3) is 12.3 Å². The molecule has 0 aliphatic carbocycles. The van der Waals surface area contributed by atoms with Crippen LogP contribution in [-0.2, 0) is 11.2 Å². The van der Waals surface area contributed by atoms with E-state index in [1.54, 1.807) is 18.7 Å². The third kappa shape index (κ3) is 5.05. The van der Waals surface area contributed by atoms with Crippen LogP contribution in [-0.4, -0.2) is 51.2 Å². The van der Waals surface area contributed by atoms with Crippen LogP contribution in [0.3, 0.4) is 0 Å². The van der Waals surface area contributed by atoms with Gasteiger partial charge in [-0.1, -0.05) is 24.3 Å². The van der Waals surface area contributed by atoms with Crippen LogP contribution < -0.4 is 10.1 Å². The Balaban J connectivity index is 1.55. The van der Waals surface area contributed by atoms with Crippen molar-refractivity contribution in [1.29, 1.82) is 0 Å². The second kappa shape index (κ2) is 10.1. The van der Waals surface area contributed by atoms with E-state index >= 15 is 0 Å². The van der Waals surface area contributed by atoms with Crippen LogP contribution in [0.25, 0.3) is 16.5 Å². The van der Waals surface area contributed by atoms with Crippen molar-refractivity contribution in [2.45, 2.75) is 58.6 Å². The molecule has 2 aliphatic heterocycles. The Morgan fingerprint density at radius 3 is 2.62 bits per heavy atom. The molecule has 1 aromatic heterocycles. The average Bonchev–Trinajstić information content (AvgIpc) is 3.38. The Labute approximate surface area is 224 Å². The van der Waals surface area contributed by atoms with E-state index in [2.05, 4.69) is 15.3 Å². The van der Waals surface area contributed by atoms with E-state index in [1.165, 1.54) is 26.0 Å². The SMILES string of the molecule is Cc1nc(N[C@H](C)c2cccc(C(F)F)c2F)c2cc(C3=CCN(C(=O)C(C)(C)O)CC3)c3c(c2n1)CCO3. The van der Waals surface area contributed by atoms with Crippen LogP contribution in [0.1, 0.15) is 67.7 Å². The first-order valence-electron chi connectivity index (χ1n) is 13.0. The highest BCUT2D eigenvalue weighted by Gasteiger charge is 2.32. The molecule has 1 atom stereocenters. The number of aryl methyl sites for hydroxylation is 1. The largest absolute Gasteiger partial charge is 0.492 e. The van der Waals surface area contributed by atoms with Crippen molar-refractivity contribution in [3.05, 3.63) is 64.2 Å². The highest BCUT2D eigenvalue weighted by molar-refractivity contribution is 5.97. The minimum absolute atomic E-state index is 0.119. The van der Waals surface area contributed by atoms with Crippen molar-refractivity contribution in [2.75, 3.05) is 25.0 Å². The van der Waals surface area contributed by atoms with Crippen molar-refractivity contribution in [2.24, 2.45) is 0 Å². The van der Waals surface area contributed by atoms with E-state index in [0.29, 0.717) is 49.6 Å². The molecule has 3 aromatic rings. The molecule has 39 heavy (non-hydrogen) atoms. The number of nitrogens with one attached hydrogen (secondary N) is 1. The maximum atomic E-state index is 14.9. The molecule has 0 saturated carbocycles. The lowest BCUT2D eigenvalue weighted by atomic mass is 9.93. The van der Waals surface area contributed by atoms with Crippen LogP contribution in [0, 0.1) is 12.7 Å². The third-order valence-electron chi connectivity index (χ3n) is 7.23. The van der Waals surface area contributed by atoms with Gasteiger partial charge in [0, 0.05) is 41.6 Å². The lowest BCUT2D eigenvalue weighted by Crippen LogP contribution is -2.46. The molecule has 7 nitrogen and oxygen atoms in total. The Morgan fingerprint density at radius 2 is 1.95 bits per heavy atom. The zero-order chi connectivity index (χ0) is 28.1. The monoisotopic (exact) mass is 540 g/mol. The minimum atomic E-state index is -2.91. The number of hydrogen-bond donors (Lipinski definition) is 2. The first kappa shape index (κ1) is 26.9. The van der Waals surface area contributed by atoms with Crippen LogP contribution in [0.5, 0.6) is 5.75 Å². The molecule has 1 amide bonds. The smallest absolute Gasteiger partial charge is 0.266 e. The summed E-state index contributed by atoms with van der Waals surface area (Å²) < 4.78 is 47.5. The lowest BCUT2D eigenvalue weighted by molar-refractivity contribution is -0.147. The Kier molecular flexibility index (Phi) is 7.00. The molecule has 5 rings (SSSR count). The second-order valence-electron chi connectivity index (χ2n) is 10.6. The van der Waals surface area contributed by atoms with Gasteiger partial charge in [0.1, 0.15) is 28.8 Å². The quantitative estimate of drug-likeness (QED) is 0.429. The maximum Gasteiger partial charge on any atom is 0.266 e. The number of aliphatic hydroxyl groups is 1. The highest BCUT2D eigenvalue weighted by Crippen LogP contribution is 2.42. The van der Waals surface area contributed by atoms with Crippen molar-refractivity contribution < 1.29 is 27.8 Å². The summed E-state index contributed by atoms with van der Waals surface area (Å²) in [5, 5.41) is 14.1. The molecule has 0 radical (unpaired) electrons. The number of amides is 1. The molecule has 0 fully saturated rings. The molecule has 2 N–H and O–H groups in total. The summed E-state index contributed by atoms with van der Waals surface area (Å²) in [4.78, 5) is 23.4. The van der Waals surface area contributed by atoms with Gasteiger partial charge in [-0.2, -0.15) is 0 Å². The summed E-state index contributed by atoms with van der Waals surface area (Å²) in [6.07, 6.45) is 0.280. The Morgan fingerprint density at radius 1 is 1.21 bits per heavy atom. The third-order valence-corrected chi connectivity index (χ3v) is 7.23. The van der Waals surface area contributed by atoms with Crippen LogP contribution >= 0.6 is 0 Å². The second-order valence-corrected chi connectivity index (χ2v) is 10.6. The minimum Gasteiger partial charge on any atom is -0.492 e. The van der Waals surface area contributed by atoms with Crippen molar-refractivity contribution in [3.8, 4) is 5.75 Å². The van der Waals surface area contributed by atoms with Crippen LogP contribution in [0.2, 0.25) is 0 Å². The number of halogens is 3. The van der Waals surface area contributed by atoms with Gasteiger partial charge >= 0.3 is 0 Å². The normalized spacial score (nSPS) is 16.2. The van der Waals surface area contributed by atoms with E-state index in [-0.39, 0.29) is 11.5 Å². The Bertz CT molecular complexity index is 1480. The number of anilines is 1. The first-order valence-corrected chi connectivity index (χ1v) is 13.0. The number of carbonyl (C=O) groups excluding carboxylic acids is 1. The number of ether oxygens (including phenoxy) is 1. The first-order chi connectivity index (χ1) is 18.5. The summed E-state index contributed by atoms with van der Waals surface area (Å²) in [6.45, 7) is 7.74. The van der Waals surface area contributed by atoms with Crippen LogP contribution in [0.4, 0.5) is 19.0 Å². The van der Waals surface area contributed by atoms with Gasteiger partial charge < -0.3 is 20.1 Å². The summed E-state index contributed by atoms with van der Waals surface area (Å²) in [7, 11) is 0. The average molecular weight is 541 g/mol. The van der Waals surface area contributed by atoms with E-state index < -0.39 is 29.4 Å². The van der Waals surface area contributed by atoms with E-state index in [1.807, 2.05) is 12.1 Å². The number of hydrogen-bond acceptors (Lipinski definition) is 6.